The number of hydrogen-bond acceptors (Lipinski definition) is 3. The Morgan fingerprint density at radius 1 is 1.50 bits per heavy atom. The Labute approximate surface area is 86.1 Å². The molecule has 3 heteroatoms. The van der Waals surface area contributed by atoms with Crippen LogP contribution in [0.15, 0.2) is 23.0 Å². The van der Waals surface area contributed by atoms with Gasteiger partial charge in [-0.25, -0.2) is 0 Å². The molecule has 14 heavy (non-hydrogen) atoms. The van der Waals surface area contributed by atoms with Crippen LogP contribution in [0, 0.1) is 0 Å². The van der Waals surface area contributed by atoms with Crippen LogP contribution in [-0.4, -0.2) is 31.6 Å². The van der Waals surface area contributed by atoms with E-state index in [1.54, 1.807) is 12.5 Å². The fraction of sp³-hybridized carbons (Fsp3) is 0.636. The average Bonchev–Trinajstić information content (AvgIpc) is 2.65. The summed E-state index contributed by atoms with van der Waals surface area (Å²) in [6.45, 7) is 6.40. The lowest BCUT2D eigenvalue weighted by Crippen LogP contribution is -2.23. The Bertz CT molecular complexity index is 221. The average molecular weight is 196 g/mol. The molecule has 0 aliphatic heterocycles. The number of hydrogen-bond donors (Lipinski definition) is 1. The second-order valence-corrected chi connectivity index (χ2v) is 3.58. The number of rotatable bonds is 7. The van der Waals surface area contributed by atoms with Gasteiger partial charge in [-0.2, -0.15) is 0 Å². The molecule has 0 amide bonds. The van der Waals surface area contributed by atoms with E-state index in [2.05, 4.69) is 24.2 Å². The molecule has 0 spiro atoms. The molecule has 0 unspecified atom stereocenters. The highest BCUT2D eigenvalue weighted by atomic mass is 16.3. The zero-order valence-electron chi connectivity index (χ0n) is 9.12. The molecule has 1 heterocycles. The van der Waals surface area contributed by atoms with Crippen molar-refractivity contribution in [2.45, 2.75) is 19.9 Å². The van der Waals surface area contributed by atoms with Crippen LogP contribution in [0.3, 0.4) is 0 Å². The summed E-state index contributed by atoms with van der Waals surface area (Å²) in [7, 11) is 2.14. The van der Waals surface area contributed by atoms with Gasteiger partial charge in [0.15, 0.2) is 0 Å². The molecule has 1 rings (SSSR count). The lowest BCUT2D eigenvalue weighted by molar-refractivity contribution is 0.319. The monoisotopic (exact) mass is 196 g/mol. The van der Waals surface area contributed by atoms with Gasteiger partial charge in [-0.05, 0) is 39.2 Å². The molecule has 0 aromatic carbocycles. The Kier molecular flexibility index (Phi) is 5.33. The quantitative estimate of drug-likeness (QED) is 0.673. The molecule has 0 bridgehead atoms. The third kappa shape index (κ3) is 4.44. The molecule has 0 fully saturated rings. The first kappa shape index (κ1) is 11.3. The summed E-state index contributed by atoms with van der Waals surface area (Å²) < 4.78 is 5.02. The van der Waals surface area contributed by atoms with Gasteiger partial charge in [-0.1, -0.05) is 6.92 Å². The van der Waals surface area contributed by atoms with Gasteiger partial charge >= 0.3 is 0 Å². The maximum absolute atomic E-state index is 5.02. The topological polar surface area (TPSA) is 28.4 Å². The minimum absolute atomic E-state index is 0.975. The number of furan rings is 1. The van der Waals surface area contributed by atoms with E-state index in [4.69, 9.17) is 4.42 Å². The number of nitrogens with zero attached hydrogens (tertiary/aromatic N) is 1. The largest absolute Gasteiger partial charge is 0.472 e. The van der Waals surface area contributed by atoms with E-state index in [-0.39, 0.29) is 0 Å². The van der Waals surface area contributed by atoms with Crippen LogP contribution < -0.4 is 5.32 Å². The van der Waals surface area contributed by atoms with Crippen molar-refractivity contribution in [1.82, 2.24) is 10.2 Å². The maximum Gasteiger partial charge on any atom is 0.0947 e. The van der Waals surface area contributed by atoms with Crippen molar-refractivity contribution < 1.29 is 4.42 Å². The summed E-state index contributed by atoms with van der Waals surface area (Å²) in [5, 5.41) is 3.32. The van der Waals surface area contributed by atoms with Crippen molar-refractivity contribution in [2.75, 3.05) is 26.7 Å². The highest BCUT2D eigenvalue weighted by Gasteiger charge is 2.00. The van der Waals surface area contributed by atoms with E-state index in [0.29, 0.717) is 0 Å². The minimum Gasteiger partial charge on any atom is -0.472 e. The molecule has 0 saturated heterocycles. The van der Waals surface area contributed by atoms with Gasteiger partial charge in [-0.15, -0.1) is 0 Å². The normalized spacial score (nSPS) is 11.1. The summed E-state index contributed by atoms with van der Waals surface area (Å²) in [6.07, 6.45) is 4.73. The maximum atomic E-state index is 5.02. The first-order valence-corrected chi connectivity index (χ1v) is 5.23. The molecule has 0 radical (unpaired) electrons. The van der Waals surface area contributed by atoms with Crippen LogP contribution >= 0.6 is 0 Å². The van der Waals surface area contributed by atoms with E-state index in [0.717, 1.165) is 26.2 Å². The smallest absolute Gasteiger partial charge is 0.0947 e. The number of nitrogens with one attached hydrogen (secondary N) is 1. The van der Waals surface area contributed by atoms with Crippen molar-refractivity contribution in [3.63, 3.8) is 0 Å². The van der Waals surface area contributed by atoms with Crippen LogP contribution in [0.25, 0.3) is 0 Å². The molecule has 1 aromatic heterocycles. The van der Waals surface area contributed by atoms with E-state index in [1.807, 2.05) is 6.07 Å². The summed E-state index contributed by atoms with van der Waals surface area (Å²) in [5.41, 5.74) is 1.25. The van der Waals surface area contributed by atoms with E-state index in [1.165, 1.54) is 12.0 Å². The molecule has 0 aliphatic carbocycles. The molecule has 1 aromatic rings. The fourth-order valence-electron chi connectivity index (χ4n) is 1.42. The molecule has 80 valence electrons. The summed E-state index contributed by atoms with van der Waals surface area (Å²) in [5.74, 6) is 0. The van der Waals surface area contributed by atoms with Crippen LogP contribution in [0.4, 0.5) is 0 Å². The molecule has 0 saturated carbocycles. The highest BCUT2D eigenvalue weighted by molar-refractivity contribution is 5.04. The van der Waals surface area contributed by atoms with Gasteiger partial charge in [0.2, 0.25) is 0 Å². The van der Waals surface area contributed by atoms with Gasteiger partial charge in [0.1, 0.15) is 0 Å². The molecule has 0 aliphatic rings. The van der Waals surface area contributed by atoms with E-state index < -0.39 is 0 Å². The van der Waals surface area contributed by atoms with Crippen molar-refractivity contribution in [3.05, 3.63) is 24.2 Å². The molecular weight excluding hydrogens is 176 g/mol. The predicted octanol–water partition coefficient (Wildman–Crippen LogP) is 1.71. The zero-order chi connectivity index (χ0) is 10.2. The summed E-state index contributed by atoms with van der Waals surface area (Å²) in [6, 6.07) is 2.01. The Balaban J connectivity index is 2.07. The van der Waals surface area contributed by atoms with Crippen LogP contribution in [0.2, 0.25) is 0 Å². The highest BCUT2D eigenvalue weighted by Crippen LogP contribution is 2.03. The van der Waals surface area contributed by atoms with Crippen LogP contribution in [0.1, 0.15) is 18.9 Å². The van der Waals surface area contributed by atoms with E-state index in [9.17, 15) is 0 Å². The molecule has 0 atom stereocenters. The lowest BCUT2D eigenvalue weighted by atomic mass is 10.3. The first-order valence-electron chi connectivity index (χ1n) is 5.23. The van der Waals surface area contributed by atoms with Crippen molar-refractivity contribution in [3.8, 4) is 0 Å². The summed E-state index contributed by atoms with van der Waals surface area (Å²) >= 11 is 0. The summed E-state index contributed by atoms with van der Waals surface area (Å²) in [4.78, 5) is 2.31. The van der Waals surface area contributed by atoms with Crippen molar-refractivity contribution in [1.29, 1.82) is 0 Å². The van der Waals surface area contributed by atoms with Gasteiger partial charge in [0.05, 0.1) is 12.5 Å². The Hall–Kier alpha value is -0.800. The van der Waals surface area contributed by atoms with Crippen molar-refractivity contribution in [2.24, 2.45) is 0 Å². The van der Waals surface area contributed by atoms with Crippen LogP contribution in [-0.2, 0) is 6.54 Å². The third-order valence-electron chi connectivity index (χ3n) is 2.18. The third-order valence-corrected chi connectivity index (χ3v) is 2.18. The van der Waals surface area contributed by atoms with Gasteiger partial charge in [0.25, 0.3) is 0 Å². The Morgan fingerprint density at radius 2 is 2.36 bits per heavy atom. The van der Waals surface area contributed by atoms with E-state index >= 15 is 0 Å². The standard InChI is InChI=1S/C11H20N2O/c1-3-12-6-4-7-13(2)9-11-5-8-14-10-11/h5,8,10,12H,3-4,6-7,9H2,1-2H3. The van der Waals surface area contributed by atoms with Gasteiger partial charge in [-0.3, -0.25) is 0 Å². The van der Waals surface area contributed by atoms with Gasteiger partial charge < -0.3 is 14.6 Å². The predicted molar refractivity (Wildman–Crippen MR) is 58.2 cm³/mol. The molecular formula is C11H20N2O. The molecule has 3 nitrogen and oxygen atoms in total. The second kappa shape index (κ2) is 6.62. The van der Waals surface area contributed by atoms with Crippen molar-refractivity contribution >= 4 is 0 Å². The van der Waals surface area contributed by atoms with Gasteiger partial charge in [0, 0.05) is 12.1 Å². The zero-order valence-corrected chi connectivity index (χ0v) is 9.12. The van der Waals surface area contributed by atoms with Crippen LogP contribution in [0.5, 0.6) is 0 Å². The Morgan fingerprint density at radius 3 is 3.00 bits per heavy atom. The fourth-order valence-corrected chi connectivity index (χ4v) is 1.42. The first-order chi connectivity index (χ1) is 6.83. The second-order valence-electron chi connectivity index (χ2n) is 3.58. The SMILES string of the molecule is CCNCCCN(C)Cc1ccoc1. The lowest BCUT2D eigenvalue weighted by Gasteiger charge is -2.15. The minimum atomic E-state index is 0.975. The molecule has 1 N–H and O–H groups in total.